The fraction of sp³-hybridized carbons (Fsp3) is 0.250. The van der Waals surface area contributed by atoms with Gasteiger partial charge in [0, 0.05) is 0 Å². The minimum Gasteiger partial charge on any atom is -0.465 e. The molecule has 1 heterocycles. The van der Waals surface area contributed by atoms with Gasteiger partial charge in [-0.1, -0.05) is 18.2 Å². The highest BCUT2D eigenvalue weighted by molar-refractivity contribution is 5.53. The summed E-state index contributed by atoms with van der Waals surface area (Å²) in [5, 5.41) is 0. The third kappa shape index (κ3) is 2.37. The average Bonchev–Trinajstić information content (AvgIpc) is 2.31. The van der Waals surface area contributed by atoms with Crippen molar-refractivity contribution >= 4 is 6.29 Å². The first-order valence-electron chi connectivity index (χ1n) is 4.92. The highest BCUT2D eigenvalue weighted by Gasteiger charge is 2.14. The van der Waals surface area contributed by atoms with E-state index in [2.05, 4.69) is 6.08 Å². The Morgan fingerprint density at radius 3 is 3.07 bits per heavy atom. The van der Waals surface area contributed by atoms with Gasteiger partial charge in [0.05, 0.1) is 6.42 Å². The Morgan fingerprint density at radius 2 is 2.33 bits per heavy atom. The van der Waals surface area contributed by atoms with Gasteiger partial charge >= 0.3 is 0 Å². The van der Waals surface area contributed by atoms with Crippen molar-refractivity contribution in [3.63, 3.8) is 0 Å². The first-order valence-corrected chi connectivity index (χ1v) is 4.92. The largest absolute Gasteiger partial charge is 0.465 e. The van der Waals surface area contributed by atoms with E-state index >= 15 is 0 Å². The van der Waals surface area contributed by atoms with Crippen LogP contribution < -0.4 is 0 Å². The molecule has 0 saturated heterocycles. The molecule has 0 N–H and O–H groups in total. The molecule has 1 aliphatic carbocycles. The van der Waals surface area contributed by atoms with Crippen molar-refractivity contribution in [1.82, 2.24) is 0 Å². The molecule has 0 amide bonds. The molecule has 3 nitrogen and oxygen atoms in total. The maximum atomic E-state index is 10.3. The van der Waals surface area contributed by atoms with Crippen LogP contribution in [0.1, 0.15) is 19.3 Å². The third-order valence-corrected chi connectivity index (χ3v) is 2.23. The maximum Gasteiger partial charge on any atom is 0.165 e. The fourth-order valence-electron chi connectivity index (χ4n) is 1.48. The van der Waals surface area contributed by atoms with Crippen molar-refractivity contribution in [2.75, 3.05) is 0 Å². The van der Waals surface area contributed by atoms with Crippen LogP contribution in [-0.2, 0) is 14.3 Å². The lowest BCUT2D eigenvalue weighted by molar-refractivity contribution is -0.107. The Morgan fingerprint density at radius 1 is 1.40 bits per heavy atom. The van der Waals surface area contributed by atoms with Gasteiger partial charge in [-0.25, -0.2) is 0 Å². The van der Waals surface area contributed by atoms with Crippen LogP contribution in [0.2, 0.25) is 0 Å². The first-order chi connectivity index (χ1) is 7.40. The lowest BCUT2D eigenvalue weighted by Crippen LogP contribution is -2.04. The molecule has 3 heteroatoms. The number of allylic oxidation sites excluding steroid dienone is 5. The Hall–Kier alpha value is -1.77. The van der Waals surface area contributed by atoms with E-state index in [0.717, 1.165) is 24.7 Å². The molecule has 0 unspecified atom stereocenters. The molecule has 0 fully saturated rings. The monoisotopic (exact) mass is 204 g/mol. The summed E-state index contributed by atoms with van der Waals surface area (Å²) in [6.45, 7) is 0. The molecular formula is C12H12O3. The number of ether oxygens (including phenoxy) is 2. The second-order valence-electron chi connectivity index (χ2n) is 3.33. The molecular weight excluding hydrogens is 192 g/mol. The Balaban J connectivity index is 2.05. The van der Waals surface area contributed by atoms with Gasteiger partial charge in [0.1, 0.15) is 24.6 Å². The van der Waals surface area contributed by atoms with E-state index < -0.39 is 0 Å². The molecule has 0 radical (unpaired) electrons. The summed E-state index contributed by atoms with van der Waals surface area (Å²) in [6.07, 6.45) is 12.1. The normalized spacial score (nSPS) is 19.3. The molecule has 0 aromatic carbocycles. The second kappa shape index (κ2) is 4.64. The molecule has 78 valence electrons. The van der Waals surface area contributed by atoms with E-state index in [-0.39, 0.29) is 6.42 Å². The van der Waals surface area contributed by atoms with E-state index in [1.165, 1.54) is 6.26 Å². The minimum atomic E-state index is 0.250. The highest BCUT2D eigenvalue weighted by atomic mass is 16.5. The van der Waals surface area contributed by atoms with Gasteiger partial charge in [-0.3, -0.25) is 0 Å². The van der Waals surface area contributed by atoms with Gasteiger partial charge in [0.2, 0.25) is 0 Å². The second-order valence-corrected chi connectivity index (χ2v) is 3.33. The van der Waals surface area contributed by atoms with Gasteiger partial charge in [0.25, 0.3) is 0 Å². The van der Waals surface area contributed by atoms with Crippen molar-refractivity contribution in [2.24, 2.45) is 0 Å². The van der Waals surface area contributed by atoms with Crippen molar-refractivity contribution in [3.05, 3.63) is 47.8 Å². The zero-order valence-corrected chi connectivity index (χ0v) is 8.31. The standard InChI is InChI=1S/C12H12O3/c13-7-6-11-8-14-9-12(15-11)10-4-2-1-3-5-10/h1-2,4,7-9H,3,5-6H2. The molecule has 0 bridgehead atoms. The van der Waals surface area contributed by atoms with Crippen LogP contribution in [0.25, 0.3) is 0 Å². The maximum absolute atomic E-state index is 10.3. The predicted molar refractivity (Wildman–Crippen MR) is 55.5 cm³/mol. The van der Waals surface area contributed by atoms with Crippen LogP contribution in [0, 0.1) is 0 Å². The SMILES string of the molecule is O=CCC1=COC=C(C2=CC=CCC2)O1. The van der Waals surface area contributed by atoms with Crippen LogP contribution in [0.15, 0.2) is 47.8 Å². The molecule has 0 spiro atoms. The van der Waals surface area contributed by atoms with Crippen LogP contribution in [0.3, 0.4) is 0 Å². The molecule has 0 atom stereocenters. The van der Waals surface area contributed by atoms with E-state index in [1.54, 1.807) is 6.26 Å². The number of carbonyl (C=O) groups excluding carboxylic acids is 1. The average molecular weight is 204 g/mol. The summed E-state index contributed by atoms with van der Waals surface area (Å²) >= 11 is 0. The van der Waals surface area contributed by atoms with Gasteiger partial charge in [-0.05, 0) is 18.4 Å². The Kier molecular flexibility index (Phi) is 3.02. The van der Waals surface area contributed by atoms with Crippen molar-refractivity contribution in [2.45, 2.75) is 19.3 Å². The summed E-state index contributed by atoms with van der Waals surface area (Å²) in [7, 11) is 0. The number of aldehydes is 1. The molecule has 0 aromatic heterocycles. The van der Waals surface area contributed by atoms with Crippen molar-refractivity contribution in [1.29, 1.82) is 0 Å². The molecule has 0 aromatic rings. The summed E-state index contributed by atoms with van der Waals surface area (Å²) < 4.78 is 10.7. The molecule has 2 aliphatic rings. The third-order valence-electron chi connectivity index (χ3n) is 2.23. The molecule has 1 aliphatic heterocycles. The topological polar surface area (TPSA) is 35.5 Å². The fourth-order valence-corrected chi connectivity index (χ4v) is 1.48. The molecule has 15 heavy (non-hydrogen) atoms. The van der Waals surface area contributed by atoms with Crippen LogP contribution in [-0.4, -0.2) is 6.29 Å². The number of hydrogen-bond acceptors (Lipinski definition) is 3. The van der Waals surface area contributed by atoms with Crippen LogP contribution >= 0.6 is 0 Å². The van der Waals surface area contributed by atoms with Gasteiger partial charge < -0.3 is 14.3 Å². The van der Waals surface area contributed by atoms with Crippen molar-refractivity contribution in [3.8, 4) is 0 Å². The van der Waals surface area contributed by atoms with E-state index in [0.29, 0.717) is 11.5 Å². The van der Waals surface area contributed by atoms with Gasteiger partial charge in [-0.2, -0.15) is 0 Å². The van der Waals surface area contributed by atoms with Crippen LogP contribution in [0.5, 0.6) is 0 Å². The van der Waals surface area contributed by atoms with Crippen LogP contribution in [0.4, 0.5) is 0 Å². The van der Waals surface area contributed by atoms with Gasteiger partial charge in [0.15, 0.2) is 5.76 Å². The highest BCUT2D eigenvalue weighted by Crippen LogP contribution is 2.26. The molecule has 0 saturated carbocycles. The smallest absolute Gasteiger partial charge is 0.165 e. The summed E-state index contributed by atoms with van der Waals surface area (Å²) in [6, 6.07) is 0. The number of carbonyl (C=O) groups is 1. The van der Waals surface area contributed by atoms with Gasteiger partial charge in [-0.15, -0.1) is 0 Å². The van der Waals surface area contributed by atoms with E-state index in [9.17, 15) is 4.79 Å². The quantitative estimate of drug-likeness (QED) is 0.663. The minimum absolute atomic E-state index is 0.250. The predicted octanol–water partition coefficient (Wildman–Crippen LogP) is 2.58. The summed E-state index contributed by atoms with van der Waals surface area (Å²) in [5.41, 5.74) is 1.11. The van der Waals surface area contributed by atoms with E-state index in [1.807, 2.05) is 12.2 Å². The lowest BCUT2D eigenvalue weighted by Gasteiger charge is -2.18. The summed E-state index contributed by atoms with van der Waals surface area (Å²) in [4.78, 5) is 10.3. The number of rotatable bonds is 3. The first kappa shape index (κ1) is 9.77. The van der Waals surface area contributed by atoms with Crippen molar-refractivity contribution < 1.29 is 14.3 Å². The number of hydrogen-bond donors (Lipinski definition) is 0. The zero-order chi connectivity index (χ0) is 10.5. The Labute approximate surface area is 88.4 Å². The zero-order valence-electron chi connectivity index (χ0n) is 8.31. The Bertz CT molecular complexity index is 372. The summed E-state index contributed by atoms with van der Waals surface area (Å²) in [5.74, 6) is 1.26. The lowest BCUT2D eigenvalue weighted by atomic mass is 10.0. The molecule has 2 rings (SSSR count). The van der Waals surface area contributed by atoms with E-state index in [4.69, 9.17) is 9.47 Å².